The van der Waals surface area contributed by atoms with E-state index >= 15 is 0 Å². The number of nitrogens with zero attached hydrogens (tertiary/aromatic N) is 1. The van der Waals surface area contributed by atoms with Crippen molar-refractivity contribution in [2.24, 2.45) is 0 Å². The molecule has 1 saturated heterocycles. The van der Waals surface area contributed by atoms with Crippen molar-refractivity contribution < 1.29 is 19.4 Å². The van der Waals surface area contributed by atoms with Crippen molar-refractivity contribution in [2.75, 3.05) is 6.61 Å². The molecule has 0 aromatic rings. The van der Waals surface area contributed by atoms with Crippen LogP contribution in [0.1, 0.15) is 48.0 Å². The Hall–Kier alpha value is -0.810. The average molecular weight is 259 g/mol. The molecule has 1 aliphatic rings. The van der Waals surface area contributed by atoms with Crippen molar-refractivity contribution in [1.82, 2.24) is 4.90 Å². The van der Waals surface area contributed by atoms with Crippen LogP contribution in [0.25, 0.3) is 0 Å². The molecule has 18 heavy (non-hydrogen) atoms. The Labute approximate surface area is 109 Å². The second kappa shape index (κ2) is 5.05. The lowest BCUT2D eigenvalue weighted by molar-refractivity contribution is -0.0635. The van der Waals surface area contributed by atoms with Crippen LogP contribution in [0.5, 0.6) is 0 Å². The molecule has 1 rings (SSSR count). The molecule has 1 amide bonds. The molecule has 1 fully saturated rings. The molecule has 5 heteroatoms. The van der Waals surface area contributed by atoms with Crippen LogP contribution in [0.4, 0.5) is 4.79 Å². The van der Waals surface area contributed by atoms with Gasteiger partial charge in [0.2, 0.25) is 0 Å². The standard InChI is InChI=1S/C13H25NO4/c1-9(15)7-10-8-17-13(5,6)14(10)11(16)18-12(2,3)4/h9-10,15H,7-8H2,1-6H3/t9?,10-/m0/s1. The van der Waals surface area contributed by atoms with Gasteiger partial charge in [-0.05, 0) is 48.0 Å². The van der Waals surface area contributed by atoms with Gasteiger partial charge in [-0.25, -0.2) is 4.79 Å². The largest absolute Gasteiger partial charge is 0.444 e. The molecule has 0 radical (unpaired) electrons. The predicted octanol–water partition coefficient (Wildman–Crippen LogP) is 2.13. The number of carbonyl (C=O) groups is 1. The van der Waals surface area contributed by atoms with Gasteiger partial charge in [0.25, 0.3) is 0 Å². The molecule has 2 atom stereocenters. The highest BCUT2D eigenvalue weighted by molar-refractivity contribution is 5.69. The first kappa shape index (κ1) is 15.2. The quantitative estimate of drug-likeness (QED) is 0.825. The van der Waals surface area contributed by atoms with Gasteiger partial charge in [0, 0.05) is 0 Å². The minimum Gasteiger partial charge on any atom is -0.444 e. The molecule has 1 unspecified atom stereocenters. The van der Waals surface area contributed by atoms with Crippen LogP contribution in [-0.4, -0.2) is 46.2 Å². The average Bonchev–Trinajstić information content (AvgIpc) is 2.36. The number of aliphatic hydroxyl groups excluding tert-OH is 1. The second-order valence-corrected chi connectivity index (χ2v) is 6.35. The van der Waals surface area contributed by atoms with E-state index in [2.05, 4.69) is 0 Å². The Morgan fingerprint density at radius 2 is 2.11 bits per heavy atom. The van der Waals surface area contributed by atoms with E-state index in [0.717, 1.165) is 0 Å². The monoisotopic (exact) mass is 259 g/mol. The maximum atomic E-state index is 12.2. The third-order valence-corrected chi connectivity index (χ3v) is 2.78. The highest BCUT2D eigenvalue weighted by Crippen LogP contribution is 2.31. The third kappa shape index (κ3) is 3.85. The lowest BCUT2D eigenvalue weighted by Crippen LogP contribution is -2.50. The van der Waals surface area contributed by atoms with Gasteiger partial charge in [0.1, 0.15) is 11.3 Å². The number of amides is 1. The Morgan fingerprint density at radius 1 is 1.56 bits per heavy atom. The van der Waals surface area contributed by atoms with Gasteiger partial charge in [-0.1, -0.05) is 0 Å². The zero-order valence-electron chi connectivity index (χ0n) is 12.2. The third-order valence-electron chi connectivity index (χ3n) is 2.78. The molecule has 1 aliphatic heterocycles. The van der Waals surface area contributed by atoms with Crippen molar-refractivity contribution in [3.05, 3.63) is 0 Å². The number of rotatable bonds is 2. The van der Waals surface area contributed by atoms with E-state index in [0.29, 0.717) is 13.0 Å². The van der Waals surface area contributed by atoms with Gasteiger partial charge in [-0.15, -0.1) is 0 Å². The molecule has 0 bridgehead atoms. The lowest BCUT2D eigenvalue weighted by atomic mass is 10.1. The topological polar surface area (TPSA) is 59.0 Å². The summed E-state index contributed by atoms with van der Waals surface area (Å²) in [4.78, 5) is 13.8. The van der Waals surface area contributed by atoms with E-state index in [1.165, 1.54) is 0 Å². The highest BCUT2D eigenvalue weighted by Gasteiger charge is 2.45. The van der Waals surface area contributed by atoms with Gasteiger partial charge in [0.05, 0.1) is 18.8 Å². The molecule has 106 valence electrons. The second-order valence-electron chi connectivity index (χ2n) is 6.35. The van der Waals surface area contributed by atoms with Gasteiger partial charge in [-0.3, -0.25) is 4.90 Å². The van der Waals surface area contributed by atoms with Crippen molar-refractivity contribution in [2.45, 2.75) is 71.4 Å². The van der Waals surface area contributed by atoms with E-state index in [-0.39, 0.29) is 6.04 Å². The fourth-order valence-corrected chi connectivity index (χ4v) is 2.13. The van der Waals surface area contributed by atoms with Gasteiger partial charge < -0.3 is 14.6 Å². The number of hydrogen-bond donors (Lipinski definition) is 1. The maximum Gasteiger partial charge on any atom is 0.412 e. The van der Waals surface area contributed by atoms with Crippen LogP contribution in [0.15, 0.2) is 0 Å². The molecule has 0 aliphatic carbocycles. The molecular formula is C13H25NO4. The van der Waals surface area contributed by atoms with Crippen LogP contribution in [0, 0.1) is 0 Å². The van der Waals surface area contributed by atoms with Crippen LogP contribution >= 0.6 is 0 Å². The Kier molecular flexibility index (Phi) is 4.28. The van der Waals surface area contributed by atoms with Crippen molar-refractivity contribution in [3.8, 4) is 0 Å². The Morgan fingerprint density at radius 3 is 2.56 bits per heavy atom. The van der Waals surface area contributed by atoms with Crippen molar-refractivity contribution in [1.29, 1.82) is 0 Å². The number of hydrogen-bond acceptors (Lipinski definition) is 4. The summed E-state index contributed by atoms with van der Waals surface area (Å²) in [5.41, 5.74) is -1.23. The summed E-state index contributed by atoms with van der Waals surface area (Å²) in [6.07, 6.45) is -0.379. The first-order chi connectivity index (χ1) is 8.03. The van der Waals surface area contributed by atoms with Gasteiger partial charge in [-0.2, -0.15) is 0 Å². The number of ether oxygens (including phenoxy) is 2. The smallest absolute Gasteiger partial charge is 0.412 e. The predicted molar refractivity (Wildman–Crippen MR) is 68.2 cm³/mol. The molecule has 0 aromatic heterocycles. The van der Waals surface area contributed by atoms with Crippen LogP contribution < -0.4 is 0 Å². The number of carbonyl (C=O) groups excluding carboxylic acids is 1. The van der Waals surface area contributed by atoms with E-state index in [9.17, 15) is 9.90 Å². The molecule has 1 N–H and O–H groups in total. The summed E-state index contributed by atoms with van der Waals surface area (Å²) in [5.74, 6) is 0. The van der Waals surface area contributed by atoms with Crippen molar-refractivity contribution in [3.63, 3.8) is 0 Å². The number of aliphatic hydroxyl groups is 1. The van der Waals surface area contributed by atoms with Crippen LogP contribution in [0.3, 0.4) is 0 Å². The highest BCUT2D eigenvalue weighted by atomic mass is 16.6. The molecule has 1 heterocycles. The Bertz CT molecular complexity index is 307. The van der Waals surface area contributed by atoms with E-state index in [4.69, 9.17) is 9.47 Å². The summed E-state index contributed by atoms with van der Waals surface area (Å²) < 4.78 is 11.0. The zero-order chi connectivity index (χ0) is 14.1. The molecular weight excluding hydrogens is 234 g/mol. The summed E-state index contributed by atoms with van der Waals surface area (Å²) in [7, 11) is 0. The molecule has 0 spiro atoms. The van der Waals surface area contributed by atoms with E-state index in [1.807, 2.05) is 34.6 Å². The van der Waals surface area contributed by atoms with E-state index < -0.39 is 23.5 Å². The van der Waals surface area contributed by atoms with Gasteiger partial charge in [0.15, 0.2) is 0 Å². The molecule has 5 nitrogen and oxygen atoms in total. The first-order valence-corrected chi connectivity index (χ1v) is 6.37. The Balaban J connectivity index is 2.82. The van der Waals surface area contributed by atoms with Crippen molar-refractivity contribution >= 4 is 6.09 Å². The van der Waals surface area contributed by atoms with Crippen LogP contribution in [-0.2, 0) is 9.47 Å². The fourth-order valence-electron chi connectivity index (χ4n) is 2.13. The first-order valence-electron chi connectivity index (χ1n) is 6.37. The lowest BCUT2D eigenvalue weighted by Gasteiger charge is -2.35. The fraction of sp³-hybridized carbons (Fsp3) is 0.923. The van der Waals surface area contributed by atoms with Crippen LogP contribution in [0.2, 0.25) is 0 Å². The minimum absolute atomic E-state index is 0.144. The minimum atomic E-state index is -0.693. The molecule has 0 aromatic carbocycles. The zero-order valence-corrected chi connectivity index (χ0v) is 12.2. The summed E-state index contributed by atoms with van der Waals surface area (Å²) in [6, 6.07) is -0.144. The summed E-state index contributed by atoms with van der Waals surface area (Å²) >= 11 is 0. The van der Waals surface area contributed by atoms with E-state index in [1.54, 1.807) is 11.8 Å². The summed E-state index contributed by atoms with van der Waals surface area (Å²) in [5, 5.41) is 9.48. The maximum absolute atomic E-state index is 12.2. The normalized spacial score (nSPS) is 25.1. The SMILES string of the molecule is CC(O)C[C@H]1COC(C)(C)N1C(=O)OC(C)(C)C. The summed E-state index contributed by atoms with van der Waals surface area (Å²) in [6.45, 7) is 11.3. The van der Waals surface area contributed by atoms with Gasteiger partial charge >= 0.3 is 6.09 Å². The molecule has 0 saturated carbocycles.